The summed E-state index contributed by atoms with van der Waals surface area (Å²) in [7, 11) is 0. The summed E-state index contributed by atoms with van der Waals surface area (Å²) in [6.07, 6.45) is 0.666. The van der Waals surface area contributed by atoms with Crippen molar-refractivity contribution >= 4 is 11.9 Å². The number of carboxylic acids is 1. The molecular formula is C14H16FNO4. The van der Waals surface area contributed by atoms with Crippen molar-refractivity contribution in [2.75, 3.05) is 6.61 Å². The van der Waals surface area contributed by atoms with Gasteiger partial charge in [0.1, 0.15) is 18.0 Å². The highest BCUT2D eigenvalue weighted by molar-refractivity contribution is 5.86. The fourth-order valence-corrected chi connectivity index (χ4v) is 2.13. The van der Waals surface area contributed by atoms with E-state index in [0.29, 0.717) is 13.0 Å². The second-order valence-corrected chi connectivity index (χ2v) is 4.70. The Hall–Kier alpha value is -1.95. The van der Waals surface area contributed by atoms with Crippen LogP contribution in [0.4, 0.5) is 4.39 Å². The molecule has 6 heteroatoms. The van der Waals surface area contributed by atoms with Crippen molar-refractivity contribution in [3.63, 3.8) is 0 Å². The third-order valence-electron chi connectivity index (χ3n) is 3.22. The first-order valence-corrected chi connectivity index (χ1v) is 6.46. The Bertz CT molecular complexity index is 500. The maximum Gasteiger partial charge on any atom is 0.326 e. The van der Waals surface area contributed by atoms with Crippen molar-refractivity contribution < 1.29 is 23.8 Å². The molecule has 1 amide bonds. The van der Waals surface area contributed by atoms with Gasteiger partial charge in [-0.25, -0.2) is 9.18 Å². The maximum absolute atomic E-state index is 13.5. The minimum Gasteiger partial charge on any atom is -0.480 e. The Morgan fingerprint density at radius 2 is 2.20 bits per heavy atom. The monoisotopic (exact) mass is 281 g/mol. The standard InChI is InChI=1S/C14H16FNO4/c15-10-5-2-1-4-9(10)8-11(14(18)19)16-13(17)12-6-3-7-20-12/h1-2,4-5,11-12H,3,6-8H2,(H,16,17)(H,18,19)/t11-,12-/m1/s1. The topological polar surface area (TPSA) is 75.6 Å². The molecule has 0 radical (unpaired) electrons. The molecule has 1 aliphatic heterocycles. The molecule has 5 nitrogen and oxygen atoms in total. The molecule has 2 N–H and O–H groups in total. The average Bonchev–Trinajstić information content (AvgIpc) is 2.94. The lowest BCUT2D eigenvalue weighted by molar-refractivity contribution is -0.143. The number of halogens is 1. The summed E-state index contributed by atoms with van der Waals surface area (Å²) in [4.78, 5) is 23.0. The molecule has 1 saturated heterocycles. The Morgan fingerprint density at radius 3 is 2.80 bits per heavy atom. The number of rotatable bonds is 5. The second-order valence-electron chi connectivity index (χ2n) is 4.70. The summed E-state index contributed by atoms with van der Waals surface area (Å²) in [5.41, 5.74) is 0.257. The summed E-state index contributed by atoms with van der Waals surface area (Å²) in [5, 5.41) is 11.5. The van der Waals surface area contributed by atoms with Gasteiger partial charge in [-0.15, -0.1) is 0 Å². The van der Waals surface area contributed by atoms with Crippen molar-refractivity contribution in [3.8, 4) is 0 Å². The largest absolute Gasteiger partial charge is 0.480 e. The molecule has 2 atom stereocenters. The molecule has 20 heavy (non-hydrogen) atoms. The van der Waals surface area contributed by atoms with Gasteiger partial charge in [0, 0.05) is 13.0 Å². The van der Waals surface area contributed by atoms with Crippen LogP contribution in [-0.4, -0.2) is 35.7 Å². The van der Waals surface area contributed by atoms with E-state index >= 15 is 0 Å². The molecule has 0 spiro atoms. The van der Waals surface area contributed by atoms with E-state index < -0.39 is 29.8 Å². The molecule has 1 fully saturated rings. The molecule has 2 rings (SSSR count). The van der Waals surface area contributed by atoms with Crippen LogP contribution in [0.25, 0.3) is 0 Å². The zero-order chi connectivity index (χ0) is 14.5. The molecule has 0 bridgehead atoms. The van der Waals surface area contributed by atoms with Gasteiger partial charge in [0.05, 0.1) is 0 Å². The molecule has 0 aromatic heterocycles. The van der Waals surface area contributed by atoms with Gasteiger partial charge in [0.15, 0.2) is 0 Å². The summed E-state index contributed by atoms with van der Waals surface area (Å²) in [6.45, 7) is 0.503. The second kappa shape index (κ2) is 6.47. The number of ether oxygens (including phenoxy) is 1. The van der Waals surface area contributed by atoms with E-state index in [0.717, 1.165) is 6.42 Å². The third-order valence-corrected chi connectivity index (χ3v) is 3.22. The predicted octanol–water partition coefficient (Wildman–Crippen LogP) is 1.12. The molecule has 0 unspecified atom stereocenters. The minimum atomic E-state index is -1.19. The summed E-state index contributed by atoms with van der Waals surface area (Å²) in [5.74, 6) is -2.13. The molecule has 108 valence electrons. The fourth-order valence-electron chi connectivity index (χ4n) is 2.13. The maximum atomic E-state index is 13.5. The van der Waals surface area contributed by atoms with Gasteiger partial charge >= 0.3 is 5.97 Å². The Kier molecular flexibility index (Phi) is 4.68. The van der Waals surface area contributed by atoms with Crippen LogP contribution in [0.15, 0.2) is 24.3 Å². The number of hydrogen-bond acceptors (Lipinski definition) is 3. The Labute approximate surface area is 115 Å². The molecule has 1 heterocycles. The smallest absolute Gasteiger partial charge is 0.326 e. The van der Waals surface area contributed by atoms with Crippen LogP contribution in [0.3, 0.4) is 0 Å². The highest BCUT2D eigenvalue weighted by Gasteiger charge is 2.28. The van der Waals surface area contributed by atoms with E-state index in [9.17, 15) is 14.0 Å². The van der Waals surface area contributed by atoms with E-state index in [2.05, 4.69) is 5.32 Å². The predicted molar refractivity (Wildman–Crippen MR) is 68.6 cm³/mol. The van der Waals surface area contributed by atoms with Gasteiger partial charge in [-0.2, -0.15) is 0 Å². The third kappa shape index (κ3) is 3.54. The fraction of sp³-hybridized carbons (Fsp3) is 0.429. The molecular weight excluding hydrogens is 265 g/mol. The van der Waals surface area contributed by atoms with Crippen LogP contribution in [0.2, 0.25) is 0 Å². The van der Waals surface area contributed by atoms with Gasteiger partial charge < -0.3 is 15.2 Å². The number of aliphatic carboxylic acids is 1. The molecule has 0 saturated carbocycles. The van der Waals surface area contributed by atoms with Gasteiger partial charge in [-0.1, -0.05) is 18.2 Å². The Morgan fingerprint density at radius 1 is 1.45 bits per heavy atom. The quantitative estimate of drug-likeness (QED) is 0.848. The van der Waals surface area contributed by atoms with E-state index in [-0.39, 0.29) is 12.0 Å². The summed E-state index contributed by atoms with van der Waals surface area (Å²) >= 11 is 0. The van der Waals surface area contributed by atoms with Crippen LogP contribution in [-0.2, 0) is 20.7 Å². The van der Waals surface area contributed by atoms with Crippen molar-refractivity contribution in [3.05, 3.63) is 35.6 Å². The number of hydrogen-bond donors (Lipinski definition) is 2. The Balaban J connectivity index is 2.02. The first-order chi connectivity index (χ1) is 9.58. The molecule has 0 aliphatic carbocycles. The van der Waals surface area contributed by atoms with E-state index in [1.165, 1.54) is 18.2 Å². The number of carbonyl (C=O) groups excluding carboxylic acids is 1. The number of nitrogens with one attached hydrogen (secondary N) is 1. The van der Waals surface area contributed by atoms with Crippen LogP contribution in [0.1, 0.15) is 18.4 Å². The normalized spacial score (nSPS) is 19.6. The van der Waals surface area contributed by atoms with Crippen molar-refractivity contribution in [2.45, 2.75) is 31.4 Å². The molecule has 1 aromatic rings. The first-order valence-electron chi connectivity index (χ1n) is 6.46. The van der Waals surface area contributed by atoms with Crippen LogP contribution < -0.4 is 5.32 Å². The van der Waals surface area contributed by atoms with E-state index in [1.807, 2.05) is 0 Å². The highest BCUT2D eigenvalue weighted by atomic mass is 19.1. The van der Waals surface area contributed by atoms with Crippen LogP contribution in [0, 0.1) is 5.82 Å². The van der Waals surface area contributed by atoms with E-state index in [4.69, 9.17) is 9.84 Å². The number of amides is 1. The number of benzene rings is 1. The lowest BCUT2D eigenvalue weighted by atomic mass is 10.0. The number of carbonyl (C=O) groups is 2. The minimum absolute atomic E-state index is 0.0968. The number of carboxylic acid groups (broad SMARTS) is 1. The van der Waals surface area contributed by atoms with Crippen LogP contribution in [0.5, 0.6) is 0 Å². The first kappa shape index (κ1) is 14.5. The van der Waals surface area contributed by atoms with Crippen LogP contribution >= 0.6 is 0 Å². The van der Waals surface area contributed by atoms with Gasteiger partial charge in [0.25, 0.3) is 0 Å². The SMILES string of the molecule is O=C(O)[C@@H](Cc1ccccc1F)NC(=O)[C@H]1CCCO1. The zero-order valence-electron chi connectivity index (χ0n) is 10.8. The average molecular weight is 281 g/mol. The van der Waals surface area contributed by atoms with Gasteiger partial charge in [-0.05, 0) is 24.5 Å². The lowest BCUT2D eigenvalue weighted by Crippen LogP contribution is -2.46. The molecule has 1 aliphatic rings. The summed E-state index contributed by atoms with van der Waals surface area (Å²) in [6, 6.07) is 4.75. The highest BCUT2D eigenvalue weighted by Crippen LogP contribution is 2.13. The van der Waals surface area contributed by atoms with Crippen molar-refractivity contribution in [1.29, 1.82) is 0 Å². The van der Waals surface area contributed by atoms with E-state index in [1.54, 1.807) is 6.07 Å². The lowest BCUT2D eigenvalue weighted by Gasteiger charge is -2.17. The van der Waals surface area contributed by atoms with Gasteiger partial charge in [-0.3, -0.25) is 4.79 Å². The van der Waals surface area contributed by atoms with Gasteiger partial charge in [0.2, 0.25) is 5.91 Å². The van der Waals surface area contributed by atoms with Crippen molar-refractivity contribution in [2.24, 2.45) is 0 Å². The molecule has 1 aromatic carbocycles. The zero-order valence-corrected chi connectivity index (χ0v) is 10.8. The van der Waals surface area contributed by atoms with Crippen molar-refractivity contribution in [1.82, 2.24) is 5.32 Å². The summed E-state index contributed by atoms with van der Waals surface area (Å²) < 4.78 is 18.7.